The molecular weight excluding hydrogens is 174 g/mol. The summed E-state index contributed by atoms with van der Waals surface area (Å²) in [4.78, 5) is 18.9. The summed E-state index contributed by atoms with van der Waals surface area (Å²) < 4.78 is 0. The predicted octanol–water partition coefficient (Wildman–Crippen LogP) is 0.681. The minimum atomic E-state index is -0.833. The first-order valence-electron chi connectivity index (χ1n) is 4.12. The van der Waals surface area contributed by atoms with Crippen molar-refractivity contribution in [1.82, 2.24) is 0 Å². The van der Waals surface area contributed by atoms with Crippen molar-refractivity contribution in [3.63, 3.8) is 0 Å². The summed E-state index contributed by atoms with van der Waals surface area (Å²) in [7, 11) is 0. The Morgan fingerprint density at radius 3 is 1.92 bits per heavy atom. The Morgan fingerprint density at radius 1 is 1.15 bits per heavy atom. The summed E-state index contributed by atoms with van der Waals surface area (Å²) in [5, 5.41) is 15.6. The van der Waals surface area contributed by atoms with E-state index < -0.39 is 11.9 Å². The van der Waals surface area contributed by atoms with Crippen molar-refractivity contribution in [2.24, 2.45) is 5.73 Å². The number of carboxylic acid groups (broad SMARTS) is 2. The van der Waals surface area contributed by atoms with Crippen LogP contribution in [0.5, 0.6) is 0 Å². The maximum atomic E-state index is 9.93. The van der Waals surface area contributed by atoms with Gasteiger partial charge in [0.25, 0.3) is 5.97 Å². The maximum absolute atomic E-state index is 9.93. The SMILES string of the molecule is CC(=O)O.NCCCCCC(=O)O. The molecule has 5 nitrogen and oxygen atoms in total. The van der Waals surface area contributed by atoms with Gasteiger partial charge in [-0.1, -0.05) is 6.42 Å². The molecule has 0 saturated heterocycles. The molecule has 0 fully saturated rings. The molecule has 0 saturated carbocycles. The van der Waals surface area contributed by atoms with E-state index in [0.29, 0.717) is 6.54 Å². The van der Waals surface area contributed by atoms with Gasteiger partial charge in [0.15, 0.2) is 0 Å². The molecule has 0 rings (SSSR count). The third kappa shape index (κ3) is 36.0. The lowest BCUT2D eigenvalue weighted by Crippen LogP contribution is -1.99. The molecular formula is C8H17NO4. The smallest absolute Gasteiger partial charge is 0.303 e. The van der Waals surface area contributed by atoms with E-state index in [1.807, 2.05) is 0 Å². The highest BCUT2D eigenvalue weighted by molar-refractivity contribution is 5.66. The Hall–Kier alpha value is -1.10. The molecule has 0 aliphatic heterocycles. The topological polar surface area (TPSA) is 101 Å². The van der Waals surface area contributed by atoms with Crippen LogP contribution in [-0.2, 0) is 9.59 Å². The number of hydrogen-bond donors (Lipinski definition) is 3. The Kier molecular flexibility index (Phi) is 12.1. The number of unbranched alkanes of at least 4 members (excludes halogenated alkanes) is 2. The van der Waals surface area contributed by atoms with Crippen molar-refractivity contribution in [2.45, 2.75) is 32.6 Å². The molecule has 78 valence electrons. The van der Waals surface area contributed by atoms with E-state index in [-0.39, 0.29) is 6.42 Å². The fraction of sp³-hybridized carbons (Fsp3) is 0.750. The van der Waals surface area contributed by atoms with Gasteiger partial charge in [0.1, 0.15) is 0 Å². The van der Waals surface area contributed by atoms with Crippen molar-refractivity contribution >= 4 is 11.9 Å². The van der Waals surface area contributed by atoms with E-state index in [4.69, 9.17) is 20.7 Å². The van der Waals surface area contributed by atoms with Crippen molar-refractivity contribution in [2.75, 3.05) is 6.54 Å². The van der Waals surface area contributed by atoms with Crippen LogP contribution < -0.4 is 5.73 Å². The van der Waals surface area contributed by atoms with Crippen molar-refractivity contribution in [3.05, 3.63) is 0 Å². The zero-order valence-electron chi connectivity index (χ0n) is 7.82. The Labute approximate surface area is 77.6 Å². The average Bonchev–Trinajstić information content (AvgIpc) is 1.97. The van der Waals surface area contributed by atoms with Crippen molar-refractivity contribution in [1.29, 1.82) is 0 Å². The normalized spacial score (nSPS) is 8.46. The van der Waals surface area contributed by atoms with Crippen LogP contribution in [0.2, 0.25) is 0 Å². The number of nitrogens with two attached hydrogens (primary N) is 1. The Morgan fingerprint density at radius 2 is 1.62 bits per heavy atom. The first kappa shape index (κ1) is 14.4. The van der Waals surface area contributed by atoms with E-state index in [0.717, 1.165) is 26.2 Å². The van der Waals surface area contributed by atoms with E-state index in [1.54, 1.807) is 0 Å². The first-order chi connectivity index (χ1) is 6.00. The van der Waals surface area contributed by atoms with Gasteiger partial charge in [-0.15, -0.1) is 0 Å². The average molecular weight is 191 g/mol. The second kappa shape index (κ2) is 10.9. The molecule has 0 atom stereocenters. The van der Waals surface area contributed by atoms with Gasteiger partial charge in [-0.2, -0.15) is 0 Å². The predicted molar refractivity (Wildman–Crippen MR) is 48.5 cm³/mol. The molecule has 0 aromatic rings. The van der Waals surface area contributed by atoms with Crippen LogP contribution in [0.1, 0.15) is 32.6 Å². The zero-order valence-corrected chi connectivity index (χ0v) is 7.82. The standard InChI is InChI=1S/C6H13NO2.C2H4O2/c7-5-3-1-2-4-6(8)9;1-2(3)4/h1-5,7H2,(H,8,9);1H3,(H,3,4). The molecule has 0 radical (unpaired) electrons. The van der Waals surface area contributed by atoms with Crippen LogP contribution >= 0.6 is 0 Å². The lowest BCUT2D eigenvalue weighted by Gasteiger charge is -1.93. The lowest BCUT2D eigenvalue weighted by molar-refractivity contribution is -0.137. The molecule has 0 aliphatic carbocycles. The minimum Gasteiger partial charge on any atom is -0.481 e. The van der Waals surface area contributed by atoms with Crippen LogP contribution in [-0.4, -0.2) is 28.7 Å². The van der Waals surface area contributed by atoms with Gasteiger partial charge >= 0.3 is 5.97 Å². The number of carbonyl (C=O) groups is 2. The number of aliphatic carboxylic acids is 2. The number of carboxylic acids is 2. The third-order valence-electron chi connectivity index (χ3n) is 1.09. The van der Waals surface area contributed by atoms with Crippen LogP contribution in [0.15, 0.2) is 0 Å². The van der Waals surface area contributed by atoms with Gasteiger partial charge in [0.05, 0.1) is 0 Å². The molecule has 0 amide bonds. The van der Waals surface area contributed by atoms with Crippen molar-refractivity contribution in [3.8, 4) is 0 Å². The van der Waals surface area contributed by atoms with Crippen molar-refractivity contribution < 1.29 is 19.8 Å². The molecule has 0 unspecified atom stereocenters. The van der Waals surface area contributed by atoms with Crippen LogP contribution in [0.4, 0.5) is 0 Å². The molecule has 0 bridgehead atoms. The lowest BCUT2D eigenvalue weighted by atomic mass is 10.2. The molecule has 0 aromatic carbocycles. The molecule has 0 aliphatic rings. The van der Waals surface area contributed by atoms with Gasteiger partial charge in [-0.3, -0.25) is 9.59 Å². The van der Waals surface area contributed by atoms with E-state index in [1.165, 1.54) is 0 Å². The van der Waals surface area contributed by atoms with Gasteiger partial charge in [0.2, 0.25) is 0 Å². The molecule has 5 heteroatoms. The highest BCUT2D eigenvalue weighted by Gasteiger charge is 1.94. The van der Waals surface area contributed by atoms with Crippen LogP contribution in [0, 0.1) is 0 Å². The number of hydrogen-bond acceptors (Lipinski definition) is 3. The summed E-state index contributed by atoms with van der Waals surface area (Å²) in [6.07, 6.45) is 2.91. The molecule has 13 heavy (non-hydrogen) atoms. The summed E-state index contributed by atoms with van der Waals surface area (Å²) in [5.74, 6) is -1.55. The summed E-state index contributed by atoms with van der Waals surface area (Å²) in [6.45, 7) is 1.75. The zero-order chi connectivity index (χ0) is 10.7. The second-order valence-corrected chi connectivity index (χ2v) is 2.51. The van der Waals surface area contributed by atoms with Gasteiger partial charge < -0.3 is 15.9 Å². The van der Waals surface area contributed by atoms with E-state index in [2.05, 4.69) is 0 Å². The quantitative estimate of drug-likeness (QED) is 0.555. The van der Waals surface area contributed by atoms with Crippen LogP contribution in [0.25, 0.3) is 0 Å². The third-order valence-corrected chi connectivity index (χ3v) is 1.09. The van der Waals surface area contributed by atoms with E-state index >= 15 is 0 Å². The highest BCUT2D eigenvalue weighted by atomic mass is 16.4. The summed E-state index contributed by atoms with van der Waals surface area (Å²) >= 11 is 0. The minimum absolute atomic E-state index is 0.278. The Balaban J connectivity index is 0. The van der Waals surface area contributed by atoms with Gasteiger partial charge in [-0.05, 0) is 19.4 Å². The monoisotopic (exact) mass is 191 g/mol. The van der Waals surface area contributed by atoms with Gasteiger partial charge in [-0.25, -0.2) is 0 Å². The van der Waals surface area contributed by atoms with Crippen LogP contribution in [0.3, 0.4) is 0 Å². The van der Waals surface area contributed by atoms with E-state index in [9.17, 15) is 4.79 Å². The summed E-state index contributed by atoms with van der Waals surface area (Å²) in [5.41, 5.74) is 5.20. The first-order valence-corrected chi connectivity index (χ1v) is 4.12. The molecule has 0 heterocycles. The highest BCUT2D eigenvalue weighted by Crippen LogP contribution is 1.97. The Bertz CT molecular complexity index is 143. The second-order valence-electron chi connectivity index (χ2n) is 2.51. The number of rotatable bonds is 5. The molecule has 0 spiro atoms. The van der Waals surface area contributed by atoms with Gasteiger partial charge in [0, 0.05) is 13.3 Å². The fourth-order valence-electron chi connectivity index (χ4n) is 0.597. The molecule has 4 N–H and O–H groups in total. The molecule has 0 aromatic heterocycles. The maximum Gasteiger partial charge on any atom is 0.303 e. The summed E-state index contributed by atoms with van der Waals surface area (Å²) in [6, 6.07) is 0. The fourth-order valence-corrected chi connectivity index (χ4v) is 0.597. The largest absolute Gasteiger partial charge is 0.481 e.